The summed E-state index contributed by atoms with van der Waals surface area (Å²) in [5.74, 6) is -0.980. The third-order valence-electron chi connectivity index (χ3n) is 3.73. The molecular weight excluding hydrogens is 416 g/mol. The molecule has 1 aromatic heterocycles. The average molecular weight is 431 g/mol. The van der Waals surface area contributed by atoms with Crippen LogP contribution in [-0.2, 0) is 4.79 Å². The summed E-state index contributed by atoms with van der Waals surface area (Å²) in [5, 5.41) is 20.0. The van der Waals surface area contributed by atoms with Crippen LogP contribution >= 0.6 is 23.1 Å². The minimum absolute atomic E-state index is 0.0666. The highest BCUT2D eigenvalue weighted by Crippen LogP contribution is 2.29. The number of anilines is 3. The predicted octanol–water partition coefficient (Wildman–Crippen LogP) is 4.60. The molecule has 0 radical (unpaired) electrons. The van der Waals surface area contributed by atoms with E-state index in [9.17, 15) is 13.6 Å². The van der Waals surface area contributed by atoms with Crippen molar-refractivity contribution in [3.8, 4) is 6.07 Å². The molecule has 0 saturated carbocycles. The number of hydrogen-bond acceptors (Lipinski definition) is 7. The van der Waals surface area contributed by atoms with Gasteiger partial charge in [-0.2, -0.15) is 5.26 Å². The van der Waals surface area contributed by atoms with Crippen LogP contribution in [0.4, 0.5) is 25.3 Å². The van der Waals surface area contributed by atoms with Gasteiger partial charge >= 0.3 is 0 Å². The first-order chi connectivity index (χ1) is 14.1. The summed E-state index contributed by atoms with van der Waals surface area (Å²) in [5.41, 5.74) is 0.807. The Labute approximate surface area is 174 Å². The largest absolute Gasteiger partial charge is 0.328 e. The summed E-state index contributed by atoms with van der Waals surface area (Å²) in [6, 6.07) is 13.7. The van der Waals surface area contributed by atoms with Crippen molar-refractivity contribution in [3.05, 3.63) is 60.2 Å². The molecule has 3 aromatic rings. The van der Waals surface area contributed by atoms with E-state index in [1.165, 1.54) is 58.3 Å². The molecule has 0 aliphatic rings. The Hall–Kier alpha value is -3.03. The number of carbonyl (C=O) groups excluding carboxylic acids is 1. The van der Waals surface area contributed by atoms with Crippen LogP contribution < -0.4 is 10.2 Å². The zero-order valence-corrected chi connectivity index (χ0v) is 16.6. The fraction of sp³-hybridized carbons (Fsp3) is 0.158. The second-order valence-electron chi connectivity index (χ2n) is 5.70. The van der Waals surface area contributed by atoms with Crippen LogP contribution in [0.15, 0.2) is 52.9 Å². The molecule has 1 amide bonds. The molecule has 0 aliphatic heterocycles. The van der Waals surface area contributed by atoms with E-state index in [1.54, 1.807) is 18.2 Å². The van der Waals surface area contributed by atoms with E-state index in [2.05, 4.69) is 15.5 Å². The topological polar surface area (TPSA) is 81.9 Å². The summed E-state index contributed by atoms with van der Waals surface area (Å²) in [6.45, 7) is 0.206. The summed E-state index contributed by atoms with van der Waals surface area (Å²) in [6.07, 6.45) is 0.156. The summed E-state index contributed by atoms with van der Waals surface area (Å²) in [4.78, 5) is 14.1. The quantitative estimate of drug-likeness (QED) is 0.525. The van der Waals surface area contributed by atoms with Gasteiger partial charge < -0.3 is 10.2 Å². The number of rotatable bonds is 8. The van der Waals surface area contributed by atoms with Gasteiger partial charge in [-0.05, 0) is 36.4 Å². The maximum atomic E-state index is 13.7. The minimum atomic E-state index is -0.403. The number of thioether (sulfide) groups is 1. The number of aromatic nitrogens is 2. The number of nitriles is 1. The number of nitrogens with one attached hydrogen (secondary N) is 1. The van der Waals surface area contributed by atoms with Gasteiger partial charge in [0.05, 0.1) is 23.9 Å². The SMILES string of the molecule is N#CCCN(C(=O)CSc1nnc(Nc2ccccc2F)s1)c1ccc(F)cc1. The van der Waals surface area contributed by atoms with Crippen molar-refractivity contribution in [1.29, 1.82) is 5.26 Å². The lowest BCUT2D eigenvalue weighted by Crippen LogP contribution is -2.33. The molecule has 0 unspecified atom stereocenters. The molecule has 29 heavy (non-hydrogen) atoms. The molecule has 148 valence electrons. The first-order valence-electron chi connectivity index (χ1n) is 8.47. The fourth-order valence-electron chi connectivity index (χ4n) is 2.38. The molecule has 0 fully saturated rings. The summed E-state index contributed by atoms with van der Waals surface area (Å²) >= 11 is 2.38. The smallest absolute Gasteiger partial charge is 0.237 e. The Morgan fingerprint density at radius 1 is 1.17 bits per heavy atom. The zero-order valence-electron chi connectivity index (χ0n) is 15.0. The molecule has 3 rings (SSSR count). The second-order valence-corrected chi connectivity index (χ2v) is 7.90. The lowest BCUT2D eigenvalue weighted by Gasteiger charge is -2.21. The molecular formula is C19H15F2N5OS2. The normalized spacial score (nSPS) is 10.4. The van der Waals surface area contributed by atoms with Crippen molar-refractivity contribution in [2.24, 2.45) is 0 Å². The van der Waals surface area contributed by atoms with Crippen molar-refractivity contribution in [1.82, 2.24) is 10.2 Å². The number of hydrogen-bond donors (Lipinski definition) is 1. The lowest BCUT2D eigenvalue weighted by atomic mass is 10.2. The van der Waals surface area contributed by atoms with Crippen molar-refractivity contribution in [3.63, 3.8) is 0 Å². The predicted molar refractivity (Wildman–Crippen MR) is 109 cm³/mol. The number of halogens is 2. The molecule has 0 bridgehead atoms. The first-order valence-corrected chi connectivity index (χ1v) is 10.3. The van der Waals surface area contributed by atoms with Gasteiger partial charge in [0.25, 0.3) is 0 Å². The van der Waals surface area contributed by atoms with Crippen LogP contribution in [0.2, 0.25) is 0 Å². The van der Waals surface area contributed by atoms with Crippen molar-refractivity contribution >= 4 is 45.5 Å². The molecule has 0 saturated heterocycles. The number of amides is 1. The van der Waals surface area contributed by atoms with Crippen LogP contribution in [0.3, 0.4) is 0 Å². The first kappa shape index (κ1) is 20.7. The van der Waals surface area contributed by atoms with Crippen LogP contribution in [0.5, 0.6) is 0 Å². The van der Waals surface area contributed by atoms with E-state index in [0.29, 0.717) is 15.2 Å². The van der Waals surface area contributed by atoms with Crippen LogP contribution in [0.25, 0.3) is 0 Å². The molecule has 0 aliphatic carbocycles. The van der Waals surface area contributed by atoms with Crippen molar-refractivity contribution in [2.75, 3.05) is 22.5 Å². The van der Waals surface area contributed by atoms with Crippen LogP contribution in [-0.4, -0.2) is 28.4 Å². The van der Waals surface area contributed by atoms with E-state index < -0.39 is 11.6 Å². The molecule has 0 spiro atoms. The molecule has 1 N–H and O–H groups in total. The highest BCUT2D eigenvalue weighted by molar-refractivity contribution is 8.01. The monoisotopic (exact) mass is 431 g/mol. The number of benzene rings is 2. The average Bonchev–Trinajstić information content (AvgIpc) is 3.17. The van der Waals surface area contributed by atoms with Crippen molar-refractivity contribution in [2.45, 2.75) is 10.8 Å². The minimum Gasteiger partial charge on any atom is -0.328 e. The number of carbonyl (C=O) groups is 1. The van der Waals surface area contributed by atoms with E-state index >= 15 is 0 Å². The van der Waals surface area contributed by atoms with Gasteiger partial charge in [-0.25, -0.2) is 8.78 Å². The standard InChI is InChI=1S/C19H15F2N5OS2/c20-13-6-8-14(9-7-13)26(11-3-10-22)17(27)12-28-19-25-24-18(29-19)23-16-5-2-1-4-15(16)21/h1-2,4-9H,3,11-12H2,(H,23,24). The number of para-hydroxylation sites is 1. The summed E-state index contributed by atoms with van der Waals surface area (Å²) in [7, 11) is 0. The second kappa shape index (κ2) is 9.95. The van der Waals surface area contributed by atoms with E-state index in [0.717, 1.165) is 0 Å². The van der Waals surface area contributed by atoms with Crippen LogP contribution in [0.1, 0.15) is 6.42 Å². The lowest BCUT2D eigenvalue weighted by molar-refractivity contribution is -0.116. The third-order valence-corrected chi connectivity index (χ3v) is 5.68. The van der Waals surface area contributed by atoms with Crippen molar-refractivity contribution < 1.29 is 13.6 Å². The third kappa shape index (κ3) is 5.73. The maximum Gasteiger partial charge on any atom is 0.237 e. The number of nitrogens with zero attached hydrogens (tertiary/aromatic N) is 4. The van der Waals surface area contributed by atoms with Gasteiger partial charge in [-0.15, -0.1) is 10.2 Å². The highest BCUT2D eigenvalue weighted by Gasteiger charge is 2.17. The Bertz CT molecular complexity index is 1020. The van der Waals surface area contributed by atoms with E-state index in [4.69, 9.17) is 5.26 Å². The van der Waals surface area contributed by atoms with Gasteiger partial charge in [-0.3, -0.25) is 4.79 Å². The highest BCUT2D eigenvalue weighted by atomic mass is 32.2. The summed E-state index contributed by atoms with van der Waals surface area (Å²) < 4.78 is 27.4. The molecule has 0 atom stereocenters. The van der Waals surface area contributed by atoms with Crippen LogP contribution in [0, 0.1) is 23.0 Å². The van der Waals surface area contributed by atoms with Gasteiger partial charge in [0.2, 0.25) is 11.0 Å². The zero-order chi connectivity index (χ0) is 20.6. The Kier molecular flexibility index (Phi) is 7.10. The fourth-order valence-corrected chi connectivity index (χ4v) is 4.02. The molecule has 2 aromatic carbocycles. The maximum absolute atomic E-state index is 13.7. The van der Waals surface area contributed by atoms with Gasteiger partial charge in [0.15, 0.2) is 4.34 Å². The Balaban J connectivity index is 1.62. The molecule has 1 heterocycles. The molecule has 10 heteroatoms. The van der Waals surface area contributed by atoms with Gasteiger partial charge in [0.1, 0.15) is 11.6 Å². The van der Waals surface area contributed by atoms with Gasteiger partial charge in [0, 0.05) is 12.2 Å². The Morgan fingerprint density at radius 3 is 2.66 bits per heavy atom. The Morgan fingerprint density at radius 2 is 1.93 bits per heavy atom. The van der Waals surface area contributed by atoms with Gasteiger partial charge in [-0.1, -0.05) is 35.2 Å². The van der Waals surface area contributed by atoms with E-state index in [-0.39, 0.29) is 30.3 Å². The molecule has 6 nitrogen and oxygen atoms in total. The van der Waals surface area contributed by atoms with E-state index in [1.807, 2.05) is 6.07 Å².